The molecule has 0 bridgehead atoms. The zero-order valence-electron chi connectivity index (χ0n) is 21.9. The van der Waals surface area contributed by atoms with E-state index in [9.17, 15) is 9.59 Å². The van der Waals surface area contributed by atoms with Crippen LogP contribution >= 0.6 is 23.2 Å². The predicted octanol–water partition coefficient (Wildman–Crippen LogP) is 5.95. The van der Waals surface area contributed by atoms with Gasteiger partial charge in [0.15, 0.2) is 0 Å². The summed E-state index contributed by atoms with van der Waals surface area (Å²) >= 11 is 13.1. The summed E-state index contributed by atoms with van der Waals surface area (Å²) in [4.78, 5) is 32.7. The van der Waals surface area contributed by atoms with Crippen molar-refractivity contribution in [2.45, 2.75) is 39.0 Å². The van der Waals surface area contributed by atoms with Crippen molar-refractivity contribution < 1.29 is 19.0 Å². The van der Waals surface area contributed by atoms with Gasteiger partial charge in [-0.25, -0.2) is 9.78 Å². The van der Waals surface area contributed by atoms with Crippen molar-refractivity contribution in [2.24, 2.45) is 0 Å². The molecule has 2 aromatic carbocycles. The Kier molecular flexibility index (Phi) is 7.40. The molecule has 1 fully saturated rings. The number of pyridine rings is 2. The number of nitrogens with zero attached hydrogens (tertiary/aromatic N) is 3. The maximum atomic E-state index is 13.5. The summed E-state index contributed by atoms with van der Waals surface area (Å²) in [7, 11) is 0. The maximum Gasteiger partial charge on any atom is 0.343 e. The summed E-state index contributed by atoms with van der Waals surface area (Å²) in [6.45, 7) is 4.10. The Balaban J connectivity index is 1.45. The monoisotopic (exact) mass is 579 g/mol. The molecular weight excluding hydrogens is 553 g/mol. The van der Waals surface area contributed by atoms with Gasteiger partial charge in [-0.1, -0.05) is 29.3 Å². The number of carbonyl (C=O) groups excluding carboxylic acids is 1. The summed E-state index contributed by atoms with van der Waals surface area (Å²) in [5.41, 5.74) is 3.95. The third-order valence-corrected chi connectivity index (χ3v) is 7.96. The largest absolute Gasteiger partial charge is 0.474 e. The van der Waals surface area contributed by atoms with Gasteiger partial charge >= 0.3 is 5.97 Å². The molecule has 0 radical (unpaired) electrons. The van der Waals surface area contributed by atoms with Crippen molar-refractivity contribution >= 4 is 45.8 Å². The Morgan fingerprint density at radius 1 is 1.12 bits per heavy atom. The molecule has 1 atom stereocenters. The molecule has 2 aliphatic rings. The van der Waals surface area contributed by atoms with E-state index in [1.807, 2.05) is 28.8 Å². The van der Waals surface area contributed by atoms with Gasteiger partial charge in [-0.2, -0.15) is 0 Å². The van der Waals surface area contributed by atoms with Gasteiger partial charge < -0.3 is 23.7 Å². The van der Waals surface area contributed by atoms with E-state index in [4.69, 9.17) is 37.4 Å². The summed E-state index contributed by atoms with van der Waals surface area (Å²) in [6.07, 6.45) is 5.06. The highest BCUT2D eigenvalue weighted by atomic mass is 35.5. The highest BCUT2D eigenvalue weighted by molar-refractivity contribution is 6.34. The standard InChI is InChI=1S/C30H27Cl2N3O5/c1-2-39-30(37)23-14-35(20-8-7-18-15-38-16-19(18)11-20)26-13-27(25(32)12-22(26)28(23)36)34-10-4-5-21(34)17-40-29-24(31)6-3-9-33-29/h3,6-9,11-14,21H,2,4-5,10,15-17H2,1H3/t21-/m1/s1. The number of esters is 1. The van der Waals surface area contributed by atoms with Crippen LogP contribution < -0.4 is 15.1 Å². The SMILES string of the molecule is CCOC(=O)c1cn(-c2ccc3c(c2)COC3)c2cc(N3CCC[C@@H]3COc3ncccc3Cl)c(Cl)cc2c1=O. The zero-order valence-corrected chi connectivity index (χ0v) is 23.4. The number of halogens is 2. The molecule has 4 heterocycles. The first-order valence-electron chi connectivity index (χ1n) is 13.2. The van der Waals surface area contributed by atoms with Gasteiger partial charge in [0.05, 0.1) is 42.1 Å². The molecule has 0 amide bonds. The Bertz CT molecular complexity index is 1670. The lowest BCUT2D eigenvalue weighted by Gasteiger charge is -2.28. The fraction of sp³-hybridized carbons (Fsp3) is 0.300. The van der Waals surface area contributed by atoms with Crippen LogP contribution in [0.1, 0.15) is 41.3 Å². The lowest BCUT2D eigenvalue weighted by Crippen LogP contribution is -2.34. The van der Waals surface area contributed by atoms with Gasteiger partial charge in [-0.05, 0) is 67.3 Å². The van der Waals surface area contributed by atoms with Gasteiger partial charge in [0.25, 0.3) is 0 Å². The number of aromatic nitrogens is 2. The highest BCUT2D eigenvalue weighted by Gasteiger charge is 2.29. The van der Waals surface area contributed by atoms with E-state index in [1.54, 1.807) is 37.5 Å². The highest BCUT2D eigenvalue weighted by Crippen LogP contribution is 2.36. The minimum absolute atomic E-state index is 0.0316. The first-order chi connectivity index (χ1) is 19.4. The van der Waals surface area contributed by atoms with Crippen molar-refractivity contribution in [3.8, 4) is 11.6 Å². The average Bonchev–Trinajstić information content (AvgIpc) is 3.62. The van der Waals surface area contributed by atoms with E-state index in [1.165, 1.54) is 0 Å². The second-order valence-corrected chi connectivity index (χ2v) is 10.6. The second kappa shape index (κ2) is 11.1. The summed E-state index contributed by atoms with van der Waals surface area (Å²) in [6, 6.07) is 13.1. The number of ether oxygens (including phenoxy) is 3. The smallest absolute Gasteiger partial charge is 0.343 e. The van der Waals surface area contributed by atoms with Gasteiger partial charge in [-0.3, -0.25) is 4.79 Å². The van der Waals surface area contributed by atoms with Crippen LogP contribution in [0.15, 0.2) is 59.7 Å². The van der Waals surface area contributed by atoms with E-state index < -0.39 is 11.4 Å². The maximum absolute atomic E-state index is 13.5. The van der Waals surface area contributed by atoms with E-state index in [0.717, 1.165) is 41.9 Å². The molecule has 0 spiro atoms. The van der Waals surface area contributed by atoms with Crippen LogP contribution in [0.3, 0.4) is 0 Å². The molecule has 2 aromatic heterocycles. The fourth-order valence-corrected chi connectivity index (χ4v) is 5.86. The van der Waals surface area contributed by atoms with Crippen LogP contribution in [-0.2, 0) is 22.7 Å². The number of fused-ring (bicyclic) bond motifs is 2. The molecular formula is C30H27Cl2N3O5. The van der Waals surface area contributed by atoms with Crippen molar-refractivity contribution in [1.29, 1.82) is 0 Å². The molecule has 0 aliphatic carbocycles. The summed E-state index contributed by atoms with van der Waals surface area (Å²) < 4.78 is 18.6. The van der Waals surface area contributed by atoms with E-state index in [0.29, 0.717) is 46.6 Å². The lowest BCUT2D eigenvalue weighted by atomic mass is 10.1. The number of anilines is 1. The van der Waals surface area contributed by atoms with Crippen molar-refractivity contribution in [1.82, 2.24) is 9.55 Å². The van der Waals surface area contributed by atoms with Crippen LogP contribution in [0.2, 0.25) is 10.0 Å². The van der Waals surface area contributed by atoms with Gasteiger partial charge in [0.1, 0.15) is 17.2 Å². The van der Waals surface area contributed by atoms with Gasteiger partial charge in [-0.15, -0.1) is 0 Å². The third kappa shape index (κ3) is 4.91. The molecule has 10 heteroatoms. The van der Waals surface area contributed by atoms with E-state index >= 15 is 0 Å². The minimum atomic E-state index is -0.669. The molecule has 0 saturated carbocycles. The summed E-state index contributed by atoms with van der Waals surface area (Å²) in [5, 5.41) is 1.21. The van der Waals surface area contributed by atoms with E-state index in [2.05, 4.69) is 9.88 Å². The Hall–Kier alpha value is -3.59. The van der Waals surface area contributed by atoms with Gasteiger partial charge in [0, 0.05) is 30.0 Å². The topological polar surface area (TPSA) is 82.9 Å². The molecule has 206 valence electrons. The normalized spacial score (nSPS) is 16.4. The second-order valence-electron chi connectivity index (χ2n) is 9.82. The molecule has 1 saturated heterocycles. The van der Waals surface area contributed by atoms with Crippen LogP contribution in [0.5, 0.6) is 5.88 Å². The molecule has 4 aromatic rings. The van der Waals surface area contributed by atoms with Crippen LogP contribution in [0.4, 0.5) is 5.69 Å². The zero-order chi connectivity index (χ0) is 27.8. The van der Waals surface area contributed by atoms with Crippen LogP contribution in [0, 0.1) is 0 Å². The first-order valence-corrected chi connectivity index (χ1v) is 14.0. The minimum Gasteiger partial charge on any atom is -0.474 e. The Morgan fingerprint density at radius 2 is 1.98 bits per heavy atom. The lowest BCUT2D eigenvalue weighted by molar-refractivity contribution is 0.0524. The molecule has 2 aliphatic heterocycles. The molecule has 40 heavy (non-hydrogen) atoms. The fourth-order valence-electron chi connectivity index (χ4n) is 5.41. The van der Waals surface area contributed by atoms with Crippen LogP contribution in [0.25, 0.3) is 16.6 Å². The van der Waals surface area contributed by atoms with Crippen molar-refractivity contribution in [3.63, 3.8) is 0 Å². The number of hydrogen-bond acceptors (Lipinski definition) is 7. The molecule has 0 N–H and O–H groups in total. The quantitative estimate of drug-likeness (QED) is 0.250. The molecule has 8 nitrogen and oxygen atoms in total. The molecule has 6 rings (SSSR count). The van der Waals surface area contributed by atoms with Crippen molar-refractivity contribution in [3.05, 3.63) is 91.8 Å². The first kappa shape index (κ1) is 26.6. The van der Waals surface area contributed by atoms with Crippen LogP contribution in [-0.4, -0.2) is 41.3 Å². The Labute approximate surface area is 241 Å². The number of benzene rings is 2. The third-order valence-electron chi connectivity index (χ3n) is 7.37. The predicted molar refractivity (Wildman–Crippen MR) is 154 cm³/mol. The van der Waals surface area contributed by atoms with Gasteiger partial charge in [0.2, 0.25) is 11.3 Å². The number of rotatable bonds is 7. The van der Waals surface area contributed by atoms with E-state index in [-0.39, 0.29) is 18.2 Å². The number of carbonyl (C=O) groups is 1. The summed E-state index contributed by atoms with van der Waals surface area (Å²) in [5.74, 6) is -0.278. The Morgan fingerprint density at radius 3 is 2.80 bits per heavy atom. The number of hydrogen-bond donors (Lipinski definition) is 0. The van der Waals surface area contributed by atoms with Crippen molar-refractivity contribution in [2.75, 3.05) is 24.7 Å². The molecule has 0 unspecified atom stereocenters. The average molecular weight is 580 g/mol.